The molecule has 0 saturated carbocycles. The van der Waals surface area contributed by atoms with Crippen LogP contribution in [0.1, 0.15) is 110 Å². The van der Waals surface area contributed by atoms with Gasteiger partial charge in [0.2, 0.25) is 0 Å². The van der Waals surface area contributed by atoms with E-state index in [1.165, 1.54) is 82.6 Å². The molecule has 1 aromatic carbocycles. The summed E-state index contributed by atoms with van der Waals surface area (Å²) in [4.78, 5) is 12.3. The number of hydrogen-bond donors (Lipinski definition) is 0. The van der Waals surface area contributed by atoms with Crippen molar-refractivity contribution in [1.29, 1.82) is 0 Å². The van der Waals surface area contributed by atoms with Crippen molar-refractivity contribution in [2.45, 2.75) is 111 Å². The second kappa shape index (κ2) is 15.6. The van der Waals surface area contributed by atoms with E-state index >= 15 is 0 Å². The molecule has 0 amide bonds. The van der Waals surface area contributed by atoms with Gasteiger partial charge in [-0.05, 0) is 24.8 Å². The van der Waals surface area contributed by atoms with Gasteiger partial charge in [-0.25, -0.2) is 0 Å². The Balaban J connectivity index is 2.37. The lowest BCUT2D eigenvalue weighted by Gasteiger charge is -2.29. The van der Waals surface area contributed by atoms with Crippen molar-refractivity contribution in [1.82, 2.24) is 0 Å². The van der Waals surface area contributed by atoms with Crippen molar-refractivity contribution in [3.63, 3.8) is 0 Å². The smallest absolute Gasteiger partial charge is 0.306 e. The summed E-state index contributed by atoms with van der Waals surface area (Å²) in [6, 6.07) is 10.2. The predicted octanol–water partition coefficient (Wildman–Crippen LogP) is 7.89. The van der Waals surface area contributed by atoms with Gasteiger partial charge in [0.15, 0.2) is 0 Å². The number of unbranched alkanes of at least 4 members (excludes halogenated alkanes) is 8. The number of carbonyl (C=O) groups is 1. The highest BCUT2D eigenvalue weighted by Gasteiger charge is 2.25. The molecule has 0 aromatic heterocycles. The monoisotopic (exact) mass is 388 g/mol. The van der Waals surface area contributed by atoms with E-state index in [9.17, 15) is 4.79 Å². The molecule has 0 aliphatic heterocycles. The normalized spacial score (nSPS) is 13.2. The molecular weight excluding hydrogens is 344 g/mol. The molecule has 1 atom stereocenters. The van der Waals surface area contributed by atoms with E-state index in [1.807, 2.05) is 18.2 Å². The number of carbonyl (C=O) groups excluding carboxylic acids is 1. The summed E-state index contributed by atoms with van der Waals surface area (Å²) in [5.74, 6) is -0.0495. The topological polar surface area (TPSA) is 26.3 Å². The number of hydrogen-bond acceptors (Lipinski definition) is 2. The molecule has 0 spiro atoms. The number of ether oxygens (including phenoxy) is 1. The lowest BCUT2D eigenvalue weighted by Crippen LogP contribution is -2.25. The van der Waals surface area contributed by atoms with E-state index in [0.717, 1.165) is 6.42 Å². The third kappa shape index (κ3) is 12.2. The minimum atomic E-state index is -0.0495. The average molecular weight is 389 g/mol. The van der Waals surface area contributed by atoms with Crippen LogP contribution in [-0.4, -0.2) is 12.6 Å². The maximum atomic E-state index is 12.3. The van der Waals surface area contributed by atoms with Crippen LogP contribution in [0.2, 0.25) is 0 Å². The Hall–Kier alpha value is -1.31. The fourth-order valence-electron chi connectivity index (χ4n) is 3.80. The molecule has 0 aliphatic rings. The first kappa shape index (κ1) is 24.7. The van der Waals surface area contributed by atoms with Gasteiger partial charge in [0.25, 0.3) is 0 Å². The molecule has 0 bridgehead atoms. The van der Waals surface area contributed by atoms with Gasteiger partial charge in [-0.2, -0.15) is 0 Å². The predicted molar refractivity (Wildman–Crippen MR) is 121 cm³/mol. The van der Waals surface area contributed by atoms with Crippen molar-refractivity contribution in [3.8, 4) is 0 Å². The van der Waals surface area contributed by atoms with E-state index < -0.39 is 0 Å². The van der Waals surface area contributed by atoms with Crippen LogP contribution in [0.15, 0.2) is 30.3 Å². The lowest BCUT2D eigenvalue weighted by molar-refractivity contribution is -0.147. The molecule has 1 unspecified atom stereocenters. The van der Waals surface area contributed by atoms with E-state index in [0.29, 0.717) is 13.0 Å². The lowest BCUT2D eigenvalue weighted by atomic mass is 9.80. The molecule has 0 heterocycles. The van der Waals surface area contributed by atoms with E-state index in [2.05, 4.69) is 32.9 Å². The maximum absolute atomic E-state index is 12.3. The van der Waals surface area contributed by atoms with Gasteiger partial charge >= 0.3 is 5.97 Å². The van der Waals surface area contributed by atoms with Crippen LogP contribution >= 0.6 is 0 Å². The highest BCUT2D eigenvalue weighted by molar-refractivity contribution is 5.69. The summed E-state index contributed by atoms with van der Waals surface area (Å²) in [6.07, 6.45) is 16.7. The zero-order chi connectivity index (χ0) is 20.5. The molecule has 0 radical (unpaired) electrons. The Morgan fingerprint density at radius 3 is 1.96 bits per heavy atom. The van der Waals surface area contributed by atoms with Gasteiger partial charge in [0.1, 0.15) is 0 Å². The van der Waals surface area contributed by atoms with Crippen LogP contribution in [0.25, 0.3) is 0 Å². The van der Waals surface area contributed by atoms with Crippen LogP contribution in [0, 0.1) is 5.41 Å². The third-order valence-corrected chi connectivity index (χ3v) is 5.81. The summed E-state index contributed by atoms with van der Waals surface area (Å²) in [5, 5.41) is 0. The number of esters is 1. The molecule has 28 heavy (non-hydrogen) atoms. The van der Waals surface area contributed by atoms with Gasteiger partial charge in [0.05, 0.1) is 6.61 Å². The molecule has 1 aromatic rings. The molecule has 0 fully saturated rings. The van der Waals surface area contributed by atoms with Crippen molar-refractivity contribution >= 4 is 5.97 Å². The van der Waals surface area contributed by atoms with Gasteiger partial charge < -0.3 is 4.74 Å². The van der Waals surface area contributed by atoms with E-state index in [1.54, 1.807) is 0 Å². The zero-order valence-corrected chi connectivity index (χ0v) is 18.8. The molecule has 0 N–H and O–H groups in total. The Morgan fingerprint density at radius 1 is 0.821 bits per heavy atom. The second-order valence-corrected chi connectivity index (χ2v) is 8.79. The number of rotatable bonds is 17. The molecular formula is C26H44O2. The Labute approximate surface area is 174 Å². The fourth-order valence-corrected chi connectivity index (χ4v) is 3.80. The summed E-state index contributed by atoms with van der Waals surface area (Å²) < 4.78 is 5.74. The molecule has 0 saturated heterocycles. The van der Waals surface area contributed by atoms with Crippen LogP contribution in [0.3, 0.4) is 0 Å². The number of benzene rings is 1. The SMILES string of the molecule is CCCCCCCCC(C)(CCCCCC)COC(=O)CCc1ccccc1. The standard InChI is InChI=1S/C26H44O2/c1-4-6-8-10-11-16-22-26(3,21-15-9-7-5-2)23-28-25(27)20-19-24-17-13-12-14-18-24/h12-14,17-18H,4-11,15-16,19-23H2,1-3H3. The van der Waals surface area contributed by atoms with Gasteiger partial charge in [0, 0.05) is 11.8 Å². The number of aryl methyl sites for hydroxylation is 1. The molecule has 160 valence electrons. The highest BCUT2D eigenvalue weighted by Crippen LogP contribution is 2.32. The van der Waals surface area contributed by atoms with Crippen molar-refractivity contribution in [3.05, 3.63) is 35.9 Å². The first-order valence-corrected chi connectivity index (χ1v) is 11.8. The maximum Gasteiger partial charge on any atom is 0.306 e. The van der Waals surface area contributed by atoms with Crippen molar-refractivity contribution in [2.24, 2.45) is 5.41 Å². The minimum Gasteiger partial charge on any atom is -0.465 e. The average Bonchev–Trinajstić information content (AvgIpc) is 2.72. The van der Waals surface area contributed by atoms with Crippen LogP contribution in [0.5, 0.6) is 0 Å². The van der Waals surface area contributed by atoms with Crippen molar-refractivity contribution in [2.75, 3.05) is 6.61 Å². The van der Waals surface area contributed by atoms with Crippen LogP contribution in [0.4, 0.5) is 0 Å². The van der Waals surface area contributed by atoms with Crippen LogP contribution in [-0.2, 0) is 16.0 Å². The highest BCUT2D eigenvalue weighted by atomic mass is 16.5. The third-order valence-electron chi connectivity index (χ3n) is 5.81. The van der Waals surface area contributed by atoms with Gasteiger partial charge in [-0.1, -0.05) is 115 Å². The molecule has 2 nitrogen and oxygen atoms in total. The largest absolute Gasteiger partial charge is 0.465 e. The molecule has 2 heteroatoms. The summed E-state index contributed by atoms with van der Waals surface area (Å²) in [6.45, 7) is 7.43. The van der Waals surface area contributed by atoms with Crippen LogP contribution < -0.4 is 0 Å². The first-order valence-electron chi connectivity index (χ1n) is 11.8. The quantitative estimate of drug-likeness (QED) is 0.200. The minimum absolute atomic E-state index is 0.0495. The Kier molecular flexibility index (Phi) is 13.8. The first-order chi connectivity index (χ1) is 13.6. The van der Waals surface area contributed by atoms with E-state index in [-0.39, 0.29) is 11.4 Å². The van der Waals surface area contributed by atoms with Gasteiger partial charge in [-0.3, -0.25) is 4.79 Å². The summed E-state index contributed by atoms with van der Waals surface area (Å²) >= 11 is 0. The zero-order valence-electron chi connectivity index (χ0n) is 18.8. The Bertz CT molecular complexity index is 496. The second-order valence-electron chi connectivity index (χ2n) is 8.79. The Morgan fingerprint density at radius 2 is 1.36 bits per heavy atom. The summed E-state index contributed by atoms with van der Waals surface area (Å²) in [5.41, 5.74) is 1.34. The molecule has 0 aliphatic carbocycles. The van der Waals surface area contributed by atoms with Crippen molar-refractivity contribution < 1.29 is 9.53 Å². The van der Waals surface area contributed by atoms with E-state index in [4.69, 9.17) is 4.74 Å². The summed E-state index contributed by atoms with van der Waals surface area (Å²) in [7, 11) is 0. The van der Waals surface area contributed by atoms with Gasteiger partial charge in [-0.15, -0.1) is 0 Å². The fraction of sp³-hybridized carbons (Fsp3) is 0.731. The molecule has 1 rings (SSSR count).